The number of phosphoric acid groups is 1. The molecular weight excluding hydrogens is 718 g/mol. The first-order valence-electron chi connectivity index (χ1n) is 14.9. The van der Waals surface area contributed by atoms with Crippen LogP contribution in [0.25, 0.3) is 21.9 Å². The lowest BCUT2D eigenvalue weighted by Gasteiger charge is -2.25. The fourth-order valence-corrected chi connectivity index (χ4v) is 8.39. The van der Waals surface area contributed by atoms with Crippen LogP contribution in [-0.4, -0.2) is 71.6 Å². The number of esters is 1. The minimum atomic E-state index is -5.35. The monoisotopic (exact) mass is 748 g/mol. The number of imidazole rings is 1. The van der Waals surface area contributed by atoms with Crippen molar-refractivity contribution in [3.63, 3.8) is 0 Å². The molecule has 6 rings (SSSR count). The highest BCUT2D eigenvalue weighted by Crippen LogP contribution is 2.61. The summed E-state index contributed by atoms with van der Waals surface area (Å²) in [5.41, 5.74) is 6.73. The third kappa shape index (κ3) is 7.82. The second kappa shape index (κ2) is 14.7. The Balaban J connectivity index is 1.19. The van der Waals surface area contributed by atoms with Gasteiger partial charge in [0.25, 0.3) is 0 Å². The molecule has 0 saturated carbocycles. The molecule has 6 N–H and O–H groups in total. The van der Waals surface area contributed by atoms with Gasteiger partial charge >= 0.3 is 21.5 Å². The van der Waals surface area contributed by atoms with Crippen LogP contribution in [0.15, 0.2) is 79.1 Å². The molecule has 0 aliphatic carbocycles. The molecule has 1 fully saturated rings. The number of halogens is 1. The third-order valence-electron chi connectivity index (χ3n) is 7.56. The Kier molecular flexibility index (Phi) is 10.5. The number of nitrogens with zero attached hydrogens (tertiary/aromatic N) is 4. The van der Waals surface area contributed by atoms with E-state index in [9.17, 15) is 29.0 Å². The summed E-state index contributed by atoms with van der Waals surface area (Å²) in [7, 11) is -10.3. The van der Waals surface area contributed by atoms with Gasteiger partial charge < -0.3 is 34.8 Å². The number of ether oxygens (including phenoxy) is 2. The van der Waals surface area contributed by atoms with Gasteiger partial charge in [0.2, 0.25) is 5.28 Å². The van der Waals surface area contributed by atoms with Crippen LogP contribution < -0.4 is 15.3 Å². The fraction of sp³-hybridized carbons (Fsp3) is 0.267. The number of nitrogens with two attached hydrogens (primary N) is 1. The van der Waals surface area contributed by atoms with E-state index in [2.05, 4.69) is 20.0 Å². The van der Waals surface area contributed by atoms with Crippen LogP contribution in [0.4, 0.5) is 5.82 Å². The van der Waals surface area contributed by atoms with E-state index in [1.54, 1.807) is 66.7 Å². The summed E-state index contributed by atoms with van der Waals surface area (Å²) in [4.78, 5) is 35.6. The van der Waals surface area contributed by atoms with Gasteiger partial charge in [-0.2, -0.15) is 9.40 Å². The average Bonchev–Trinajstić information content (AvgIpc) is 3.57. The summed E-state index contributed by atoms with van der Waals surface area (Å²) in [5.74, 6) is -0.865. The summed E-state index contributed by atoms with van der Waals surface area (Å²) < 4.78 is 55.6. The van der Waals surface area contributed by atoms with Crippen LogP contribution in [0.1, 0.15) is 18.7 Å². The number of nitrogens with one attached hydrogen (secondary N) is 1. The minimum absolute atomic E-state index is 0.00168. The number of fused-ring (bicyclic) bond motifs is 2. The molecule has 5 aromatic rings. The molecular formula is C30H31ClN6O11P2. The van der Waals surface area contributed by atoms with E-state index in [0.29, 0.717) is 16.3 Å². The lowest BCUT2D eigenvalue weighted by molar-refractivity contribution is -0.146. The topological polar surface area (TPSA) is 240 Å². The van der Waals surface area contributed by atoms with Gasteiger partial charge in [-0.05, 0) is 35.5 Å². The largest absolute Gasteiger partial charge is 0.481 e. The number of phosphoric ester groups is 1. The van der Waals surface area contributed by atoms with Crippen LogP contribution in [0.2, 0.25) is 5.28 Å². The average molecular weight is 749 g/mol. The highest BCUT2D eigenvalue weighted by atomic mass is 35.5. The second-order valence-corrected chi connectivity index (χ2v) is 14.7. The van der Waals surface area contributed by atoms with Gasteiger partial charge in [0, 0.05) is 5.39 Å². The summed E-state index contributed by atoms with van der Waals surface area (Å²) in [6.07, 6.45) is -5.00. The number of nitrogen functional groups attached to an aromatic ring is 1. The lowest BCUT2D eigenvalue weighted by atomic mass is 10.1. The highest BCUT2D eigenvalue weighted by Gasteiger charge is 2.47. The van der Waals surface area contributed by atoms with Crippen molar-refractivity contribution in [3.05, 3.63) is 90.0 Å². The molecule has 3 aromatic carbocycles. The molecule has 7 atom stereocenters. The molecule has 3 heterocycles. The van der Waals surface area contributed by atoms with Crippen molar-refractivity contribution in [2.45, 2.75) is 44.1 Å². The van der Waals surface area contributed by atoms with E-state index in [1.807, 2.05) is 0 Å². The van der Waals surface area contributed by atoms with Gasteiger partial charge in [0.05, 0.1) is 6.61 Å². The van der Waals surface area contributed by atoms with Gasteiger partial charge in [-0.3, -0.25) is 13.9 Å². The van der Waals surface area contributed by atoms with Crippen molar-refractivity contribution < 1.29 is 51.9 Å². The molecule has 50 heavy (non-hydrogen) atoms. The molecule has 264 valence electrons. The number of aliphatic hydroxyl groups excluding tert-OH is 2. The van der Waals surface area contributed by atoms with E-state index < -0.39 is 58.7 Å². The van der Waals surface area contributed by atoms with Crippen LogP contribution >= 0.6 is 27.2 Å². The summed E-state index contributed by atoms with van der Waals surface area (Å²) in [6, 6.07) is 19.2. The number of aromatic nitrogens is 4. The van der Waals surface area contributed by atoms with Gasteiger partial charge in [-0.1, -0.05) is 66.7 Å². The maximum atomic E-state index is 14.2. The summed E-state index contributed by atoms with van der Waals surface area (Å²) >= 11 is 6.26. The van der Waals surface area contributed by atoms with Gasteiger partial charge in [-0.15, -0.1) is 0 Å². The first-order chi connectivity index (χ1) is 23.8. The molecule has 1 saturated heterocycles. The van der Waals surface area contributed by atoms with Crippen molar-refractivity contribution in [2.75, 3.05) is 12.3 Å². The molecule has 0 amide bonds. The van der Waals surface area contributed by atoms with E-state index >= 15 is 0 Å². The van der Waals surface area contributed by atoms with Gasteiger partial charge in [0.1, 0.15) is 43.0 Å². The minimum Gasteiger partial charge on any atom is -0.460 e. The first-order valence-corrected chi connectivity index (χ1v) is 18.4. The normalized spacial score (nSPS) is 22.2. The second-order valence-electron chi connectivity index (χ2n) is 11.1. The predicted octanol–water partition coefficient (Wildman–Crippen LogP) is 3.88. The summed E-state index contributed by atoms with van der Waals surface area (Å²) in [5, 5.41) is 24.9. The van der Waals surface area contributed by atoms with Crippen LogP contribution in [0.5, 0.6) is 5.75 Å². The Morgan fingerprint density at radius 1 is 1.06 bits per heavy atom. The highest BCUT2D eigenvalue weighted by molar-refractivity contribution is 7.63. The molecule has 6 unspecified atom stereocenters. The van der Waals surface area contributed by atoms with Gasteiger partial charge in [-0.25, -0.2) is 24.1 Å². The van der Waals surface area contributed by atoms with E-state index in [1.165, 1.54) is 13.0 Å². The Labute approximate surface area is 289 Å². The summed E-state index contributed by atoms with van der Waals surface area (Å²) in [6.45, 7) is 0.346. The quantitative estimate of drug-likeness (QED) is 0.0652. The Bertz CT molecular complexity index is 2100. The zero-order valence-corrected chi connectivity index (χ0v) is 28.6. The molecule has 1 aliphatic heterocycles. The molecule has 17 nitrogen and oxygen atoms in total. The first kappa shape index (κ1) is 35.8. The van der Waals surface area contributed by atoms with Crippen molar-refractivity contribution in [2.24, 2.45) is 0 Å². The molecule has 0 spiro atoms. The van der Waals surface area contributed by atoms with E-state index in [-0.39, 0.29) is 34.6 Å². The fourth-order valence-electron chi connectivity index (χ4n) is 5.15. The van der Waals surface area contributed by atoms with Gasteiger partial charge in [0.15, 0.2) is 23.2 Å². The Hall–Kier alpha value is -3.99. The van der Waals surface area contributed by atoms with Crippen LogP contribution in [-0.2, 0) is 38.8 Å². The molecule has 0 bridgehead atoms. The number of benzene rings is 3. The molecule has 20 heteroatoms. The number of rotatable bonds is 13. The number of aliphatic hydroxyl groups is 2. The SMILES string of the molecule is C[C@H](NP(=O)(Oc1cccc2ccccc12)OP(=O)(O)OCC1OC(n2c(Cl)nc3c(N)ncnc32)C(O)C1O)C(=O)OCc1ccccc1. The number of anilines is 1. The maximum Gasteiger partial charge on any atom is 0.481 e. The zero-order chi connectivity index (χ0) is 35.6. The van der Waals surface area contributed by atoms with Crippen LogP contribution in [0, 0.1) is 0 Å². The third-order valence-corrected chi connectivity index (χ3v) is 11.1. The number of carbonyl (C=O) groups excluding carboxylic acids is 1. The van der Waals surface area contributed by atoms with Crippen LogP contribution in [0.3, 0.4) is 0 Å². The lowest BCUT2D eigenvalue weighted by Crippen LogP contribution is -2.35. The van der Waals surface area contributed by atoms with Crippen molar-refractivity contribution in [1.29, 1.82) is 0 Å². The zero-order valence-electron chi connectivity index (χ0n) is 26.1. The molecule has 0 radical (unpaired) electrons. The number of hydrogen-bond acceptors (Lipinski definition) is 14. The van der Waals surface area contributed by atoms with E-state index in [0.717, 1.165) is 10.9 Å². The van der Waals surface area contributed by atoms with E-state index in [4.69, 9.17) is 40.2 Å². The van der Waals surface area contributed by atoms with Crippen molar-refractivity contribution in [3.8, 4) is 5.75 Å². The van der Waals surface area contributed by atoms with Crippen molar-refractivity contribution in [1.82, 2.24) is 24.6 Å². The Morgan fingerprint density at radius 3 is 2.56 bits per heavy atom. The Morgan fingerprint density at radius 2 is 1.78 bits per heavy atom. The number of carbonyl (C=O) groups is 1. The standard InChI is InChI=1S/C30H31ClN6O11P2/c1-17(29(40)44-14-18-8-3-2-4-9-18)36-49(41,47-21-13-7-11-19-10-5-6-12-20(19)21)48-50(42,43)45-15-22-24(38)25(39)28(46-22)37-27-23(35-30(37)31)26(32)33-16-34-27/h2-13,16-17,22,24-25,28,38-39H,14-15H2,1H3,(H,36,41)(H,42,43)(H2,32,33,34)/t17-,22?,24?,25?,28?,49?/m0/s1. The molecule has 1 aliphatic rings. The molecule has 2 aromatic heterocycles. The smallest absolute Gasteiger partial charge is 0.460 e. The van der Waals surface area contributed by atoms with Crippen molar-refractivity contribution >= 4 is 60.9 Å². The predicted molar refractivity (Wildman–Crippen MR) is 179 cm³/mol. The number of hydrogen-bond donors (Lipinski definition) is 5. The maximum absolute atomic E-state index is 14.2.